The molecule has 6 nitrogen and oxygen atoms in total. The zero-order valence-electron chi connectivity index (χ0n) is 43.6. The number of carbonyl (C=O) groups excluding carboxylic acids is 3. The minimum absolute atomic E-state index is 0.111. The van der Waals surface area contributed by atoms with Gasteiger partial charge in [0, 0.05) is 19.3 Å². The molecule has 67 heavy (non-hydrogen) atoms. The van der Waals surface area contributed by atoms with Crippen LogP contribution in [-0.2, 0) is 28.6 Å². The maximum atomic E-state index is 12.8. The Hall–Kier alpha value is -3.67. The molecule has 0 aromatic carbocycles. The predicted octanol–water partition coefficient (Wildman–Crippen LogP) is 18.5. The van der Waals surface area contributed by atoms with E-state index in [9.17, 15) is 14.4 Å². The van der Waals surface area contributed by atoms with Crippen LogP contribution in [0.1, 0.15) is 252 Å². The van der Waals surface area contributed by atoms with Gasteiger partial charge in [-0.1, -0.05) is 214 Å². The van der Waals surface area contributed by atoms with Crippen LogP contribution in [0, 0.1) is 0 Å². The summed E-state index contributed by atoms with van der Waals surface area (Å²) in [4.78, 5) is 38.1. The monoisotopic (exact) mass is 931 g/mol. The Morgan fingerprint density at radius 3 is 1.00 bits per heavy atom. The number of carbonyl (C=O) groups is 3. The summed E-state index contributed by atoms with van der Waals surface area (Å²) in [6, 6.07) is 0. The van der Waals surface area contributed by atoms with Crippen molar-refractivity contribution in [2.75, 3.05) is 13.2 Å². The molecule has 0 bridgehead atoms. The second-order valence-corrected chi connectivity index (χ2v) is 18.1. The molecule has 0 aromatic heterocycles. The van der Waals surface area contributed by atoms with Gasteiger partial charge in [-0.15, -0.1) is 0 Å². The van der Waals surface area contributed by atoms with Crippen molar-refractivity contribution in [2.24, 2.45) is 0 Å². The van der Waals surface area contributed by atoms with Crippen molar-refractivity contribution >= 4 is 17.9 Å². The lowest BCUT2D eigenvalue weighted by Crippen LogP contribution is -2.30. The molecule has 0 fully saturated rings. The van der Waals surface area contributed by atoms with Crippen LogP contribution in [0.2, 0.25) is 0 Å². The van der Waals surface area contributed by atoms with E-state index in [1.165, 1.54) is 96.3 Å². The fourth-order valence-corrected chi connectivity index (χ4v) is 7.38. The Bertz CT molecular complexity index is 1350. The second kappa shape index (κ2) is 54.9. The molecular formula is C61H102O6. The van der Waals surface area contributed by atoms with Gasteiger partial charge in [-0.25, -0.2) is 0 Å². The van der Waals surface area contributed by atoms with E-state index in [0.717, 1.165) is 109 Å². The molecule has 0 aliphatic heterocycles. The average Bonchev–Trinajstić information content (AvgIpc) is 3.33. The standard InChI is InChI=1S/C61H102O6/c1-4-7-10-13-16-19-22-25-28-30-32-33-36-39-42-45-48-51-54-60(63)66-57-58(56-65-59(62)53-50-47-44-41-38-35-27-24-21-18-15-12-9-6-3)67-61(64)55-52-49-46-43-40-37-34-31-29-26-23-20-17-14-11-8-5-2/h9,12,17-18,20-21,26-27,29,32-35,37,43,46,58H,4-8,10-11,13-16,19,22-25,28,30-31,36,38-42,44-45,47-57H2,1-3H3/b12-9-,20-17-,21-18-,29-26-,33-32-,35-27-,37-34-,46-43-. The molecule has 0 N–H and O–H groups in total. The van der Waals surface area contributed by atoms with Gasteiger partial charge in [0.05, 0.1) is 0 Å². The van der Waals surface area contributed by atoms with Gasteiger partial charge in [0.15, 0.2) is 6.10 Å². The molecule has 0 spiro atoms. The first-order valence-corrected chi connectivity index (χ1v) is 27.7. The summed E-state index contributed by atoms with van der Waals surface area (Å²) in [6.07, 6.45) is 72.6. The van der Waals surface area contributed by atoms with Crippen LogP contribution in [0.5, 0.6) is 0 Å². The lowest BCUT2D eigenvalue weighted by Gasteiger charge is -2.18. The van der Waals surface area contributed by atoms with Crippen molar-refractivity contribution in [3.8, 4) is 0 Å². The van der Waals surface area contributed by atoms with Crippen LogP contribution in [0.4, 0.5) is 0 Å². The van der Waals surface area contributed by atoms with Gasteiger partial charge < -0.3 is 14.2 Å². The SMILES string of the molecule is CC/C=C\C/C=C\C/C=C\CCCCCCC(=O)OCC(COC(=O)CCCCCCC/C=C\CCCCCCCCCCC)OC(=O)CCC/C=C\C/C=C\C/C=C\C/C=C\CCCCC. The highest BCUT2D eigenvalue weighted by Gasteiger charge is 2.19. The largest absolute Gasteiger partial charge is 0.462 e. The van der Waals surface area contributed by atoms with E-state index in [-0.39, 0.29) is 37.5 Å². The van der Waals surface area contributed by atoms with Gasteiger partial charge in [0.2, 0.25) is 0 Å². The average molecular weight is 931 g/mol. The van der Waals surface area contributed by atoms with Gasteiger partial charge >= 0.3 is 17.9 Å². The van der Waals surface area contributed by atoms with Gasteiger partial charge in [-0.3, -0.25) is 14.4 Å². The smallest absolute Gasteiger partial charge is 0.306 e. The van der Waals surface area contributed by atoms with Crippen LogP contribution in [0.15, 0.2) is 97.2 Å². The lowest BCUT2D eigenvalue weighted by molar-refractivity contribution is -0.167. The fourth-order valence-electron chi connectivity index (χ4n) is 7.38. The number of esters is 3. The number of allylic oxidation sites excluding steroid dienone is 16. The van der Waals surface area contributed by atoms with E-state index in [4.69, 9.17) is 14.2 Å². The Morgan fingerprint density at radius 2 is 0.597 bits per heavy atom. The zero-order valence-corrected chi connectivity index (χ0v) is 43.6. The summed E-state index contributed by atoms with van der Waals surface area (Å²) in [6.45, 7) is 6.43. The third-order valence-corrected chi connectivity index (χ3v) is 11.5. The van der Waals surface area contributed by atoms with Gasteiger partial charge in [0.1, 0.15) is 13.2 Å². The van der Waals surface area contributed by atoms with Crippen molar-refractivity contribution < 1.29 is 28.6 Å². The summed E-state index contributed by atoms with van der Waals surface area (Å²) in [5.41, 5.74) is 0. The minimum Gasteiger partial charge on any atom is -0.462 e. The maximum absolute atomic E-state index is 12.8. The molecule has 0 saturated heterocycles. The normalized spacial score (nSPS) is 12.8. The van der Waals surface area contributed by atoms with Crippen molar-refractivity contribution in [1.29, 1.82) is 0 Å². The summed E-state index contributed by atoms with van der Waals surface area (Å²) in [5.74, 6) is -0.998. The highest BCUT2D eigenvalue weighted by atomic mass is 16.6. The Balaban J connectivity index is 4.51. The first-order chi connectivity index (χ1) is 33.0. The molecule has 0 radical (unpaired) electrons. The number of rotatable bonds is 49. The van der Waals surface area contributed by atoms with E-state index in [1.54, 1.807) is 0 Å². The molecular weight excluding hydrogens is 829 g/mol. The Kier molecular flexibility index (Phi) is 51.9. The summed E-state index contributed by atoms with van der Waals surface area (Å²) in [7, 11) is 0. The van der Waals surface area contributed by atoms with Crippen molar-refractivity contribution in [3.05, 3.63) is 97.2 Å². The van der Waals surface area contributed by atoms with Crippen LogP contribution < -0.4 is 0 Å². The highest BCUT2D eigenvalue weighted by molar-refractivity contribution is 5.71. The molecule has 1 unspecified atom stereocenters. The van der Waals surface area contributed by atoms with E-state index in [2.05, 4.69) is 118 Å². The van der Waals surface area contributed by atoms with Crippen LogP contribution in [0.3, 0.4) is 0 Å². The topological polar surface area (TPSA) is 78.9 Å². The Morgan fingerprint density at radius 1 is 0.313 bits per heavy atom. The van der Waals surface area contributed by atoms with Crippen molar-refractivity contribution in [3.63, 3.8) is 0 Å². The molecule has 0 amide bonds. The molecule has 0 saturated carbocycles. The zero-order chi connectivity index (χ0) is 48.6. The third-order valence-electron chi connectivity index (χ3n) is 11.5. The first-order valence-electron chi connectivity index (χ1n) is 27.7. The second-order valence-electron chi connectivity index (χ2n) is 18.1. The van der Waals surface area contributed by atoms with E-state index in [1.807, 2.05) is 0 Å². The number of hydrogen-bond acceptors (Lipinski definition) is 6. The molecule has 0 aliphatic carbocycles. The maximum Gasteiger partial charge on any atom is 0.306 e. The molecule has 0 rings (SSSR count). The third kappa shape index (κ3) is 53.2. The lowest BCUT2D eigenvalue weighted by atomic mass is 10.1. The van der Waals surface area contributed by atoms with Gasteiger partial charge in [-0.05, 0) is 116 Å². The fraction of sp³-hybridized carbons (Fsp3) is 0.689. The van der Waals surface area contributed by atoms with Crippen LogP contribution >= 0.6 is 0 Å². The quantitative estimate of drug-likeness (QED) is 0.0262. The minimum atomic E-state index is -0.820. The number of ether oxygens (including phenoxy) is 3. The van der Waals surface area contributed by atoms with Gasteiger partial charge in [-0.2, -0.15) is 0 Å². The van der Waals surface area contributed by atoms with Crippen LogP contribution in [-0.4, -0.2) is 37.2 Å². The summed E-state index contributed by atoms with van der Waals surface area (Å²) in [5, 5.41) is 0. The molecule has 382 valence electrons. The highest BCUT2D eigenvalue weighted by Crippen LogP contribution is 2.14. The Labute approximate surface area is 413 Å². The summed E-state index contributed by atoms with van der Waals surface area (Å²) >= 11 is 0. The molecule has 1 atom stereocenters. The molecule has 0 heterocycles. The molecule has 0 aromatic rings. The summed E-state index contributed by atoms with van der Waals surface area (Å²) < 4.78 is 16.8. The number of hydrogen-bond donors (Lipinski definition) is 0. The van der Waals surface area contributed by atoms with Crippen LogP contribution in [0.25, 0.3) is 0 Å². The molecule has 0 aliphatic rings. The molecule has 6 heteroatoms. The predicted molar refractivity (Wildman–Crippen MR) is 288 cm³/mol. The van der Waals surface area contributed by atoms with E-state index in [0.29, 0.717) is 19.3 Å². The first kappa shape index (κ1) is 63.3. The van der Waals surface area contributed by atoms with Crippen molar-refractivity contribution in [1.82, 2.24) is 0 Å². The number of unbranched alkanes of at least 4 members (excludes halogenated alkanes) is 22. The van der Waals surface area contributed by atoms with Crippen molar-refractivity contribution in [2.45, 2.75) is 258 Å². The van der Waals surface area contributed by atoms with E-state index < -0.39 is 6.10 Å². The van der Waals surface area contributed by atoms with Gasteiger partial charge in [0.25, 0.3) is 0 Å². The van der Waals surface area contributed by atoms with E-state index >= 15 is 0 Å².